The maximum absolute atomic E-state index is 12.6. The molecule has 2 aliphatic rings. The lowest BCUT2D eigenvalue weighted by molar-refractivity contribution is -0.129. The summed E-state index contributed by atoms with van der Waals surface area (Å²) in [6, 6.07) is 6.38. The molecule has 122 valence electrons. The number of rotatable bonds is 5. The Morgan fingerprint density at radius 1 is 1.39 bits per heavy atom. The number of benzene rings is 1. The second-order valence-corrected chi connectivity index (χ2v) is 7.88. The van der Waals surface area contributed by atoms with Crippen molar-refractivity contribution >= 4 is 28.7 Å². The second-order valence-electron chi connectivity index (χ2n) is 6.85. The van der Waals surface area contributed by atoms with Crippen molar-refractivity contribution in [2.24, 2.45) is 5.92 Å². The summed E-state index contributed by atoms with van der Waals surface area (Å²) >= 11 is 1.80. The molecule has 1 amide bonds. The molecule has 0 bridgehead atoms. The van der Waals surface area contributed by atoms with E-state index in [0.29, 0.717) is 5.75 Å². The van der Waals surface area contributed by atoms with E-state index in [9.17, 15) is 4.79 Å². The monoisotopic (exact) mass is 329 g/mol. The zero-order valence-electron chi connectivity index (χ0n) is 13.5. The smallest absolute Gasteiger partial charge is 0.233 e. The number of imidazole rings is 1. The van der Waals surface area contributed by atoms with Crippen LogP contribution in [0.3, 0.4) is 0 Å². The lowest BCUT2D eigenvalue weighted by Gasteiger charge is -2.23. The third kappa shape index (κ3) is 3.25. The van der Waals surface area contributed by atoms with Gasteiger partial charge in [0.2, 0.25) is 5.91 Å². The number of thioether (sulfide) groups is 1. The van der Waals surface area contributed by atoms with Crippen molar-refractivity contribution in [3.8, 4) is 0 Å². The van der Waals surface area contributed by atoms with Gasteiger partial charge in [-0.1, -0.05) is 6.07 Å². The van der Waals surface area contributed by atoms with E-state index in [0.717, 1.165) is 47.9 Å². The van der Waals surface area contributed by atoms with Gasteiger partial charge in [-0.25, -0.2) is 4.98 Å². The fourth-order valence-corrected chi connectivity index (χ4v) is 4.46. The Hall–Kier alpha value is -1.49. The molecule has 1 atom stereocenters. The fourth-order valence-electron chi connectivity index (χ4n) is 3.33. The Bertz CT molecular complexity index is 722. The standard InChI is InChI=1S/C18H23N3OS/c1-12-4-7-14-15(9-12)20-18(19-14)16-3-2-8-21(16)17(22)11-23-10-13-5-6-13/h4,7,9,13,16H,2-3,5-6,8,10-11H2,1H3,(H,19,20). The molecule has 1 saturated heterocycles. The Balaban J connectivity index is 1.47. The van der Waals surface area contributed by atoms with Gasteiger partial charge >= 0.3 is 0 Å². The number of aryl methyl sites for hydroxylation is 1. The van der Waals surface area contributed by atoms with E-state index < -0.39 is 0 Å². The molecule has 23 heavy (non-hydrogen) atoms. The minimum atomic E-state index is 0.122. The first kappa shape index (κ1) is 15.1. The van der Waals surface area contributed by atoms with Crippen molar-refractivity contribution in [1.82, 2.24) is 14.9 Å². The molecule has 2 fully saturated rings. The minimum absolute atomic E-state index is 0.122. The van der Waals surface area contributed by atoms with Crippen LogP contribution in [0.5, 0.6) is 0 Å². The molecule has 1 aliphatic heterocycles. The predicted octanol–water partition coefficient (Wildman–Crippen LogP) is 3.68. The van der Waals surface area contributed by atoms with Crippen molar-refractivity contribution in [1.29, 1.82) is 0 Å². The maximum atomic E-state index is 12.6. The summed E-state index contributed by atoms with van der Waals surface area (Å²) < 4.78 is 0. The lowest BCUT2D eigenvalue weighted by Crippen LogP contribution is -2.32. The van der Waals surface area contributed by atoms with E-state index in [1.54, 1.807) is 11.8 Å². The Kier molecular flexibility index (Phi) is 4.05. The molecule has 1 aliphatic carbocycles. The number of fused-ring (bicyclic) bond motifs is 1. The van der Waals surface area contributed by atoms with Crippen LogP contribution >= 0.6 is 11.8 Å². The molecule has 1 aromatic heterocycles. The van der Waals surface area contributed by atoms with Crippen LogP contribution in [0.15, 0.2) is 18.2 Å². The number of amides is 1. The molecule has 0 radical (unpaired) electrons. The number of nitrogens with one attached hydrogen (secondary N) is 1. The topological polar surface area (TPSA) is 49.0 Å². The number of hydrogen-bond donors (Lipinski definition) is 1. The molecule has 0 spiro atoms. The third-order valence-electron chi connectivity index (χ3n) is 4.82. The van der Waals surface area contributed by atoms with Gasteiger partial charge in [-0.3, -0.25) is 4.79 Å². The van der Waals surface area contributed by atoms with Crippen LogP contribution in [0, 0.1) is 12.8 Å². The number of carbonyl (C=O) groups excluding carboxylic acids is 1. The van der Waals surface area contributed by atoms with E-state index >= 15 is 0 Å². The highest BCUT2D eigenvalue weighted by Crippen LogP contribution is 2.34. The van der Waals surface area contributed by atoms with Crippen LogP contribution in [-0.2, 0) is 4.79 Å². The average molecular weight is 329 g/mol. The molecule has 4 rings (SSSR count). The first-order valence-electron chi connectivity index (χ1n) is 8.54. The van der Waals surface area contributed by atoms with Gasteiger partial charge in [-0.15, -0.1) is 0 Å². The summed E-state index contributed by atoms with van der Waals surface area (Å²) in [5.41, 5.74) is 3.29. The zero-order valence-corrected chi connectivity index (χ0v) is 14.4. The van der Waals surface area contributed by atoms with Crippen LogP contribution in [-0.4, -0.2) is 38.8 Å². The highest BCUT2D eigenvalue weighted by molar-refractivity contribution is 7.99. The van der Waals surface area contributed by atoms with Crippen LogP contribution in [0.25, 0.3) is 11.0 Å². The van der Waals surface area contributed by atoms with Gasteiger partial charge < -0.3 is 9.88 Å². The molecule has 2 aromatic rings. The van der Waals surface area contributed by atoms with Crippen LogP contribution in [0.2, 0.25) is 0 Å². The highest BCUT2D eigenvalue weighted by Gasteiger charge is 2.32. The van der Waals surface area contributed by atoms with Gasteiger partial charge in [0.15, 0.2) is 0 Å². The van der Waals surface area contributed by atoms with Crippen molar-refractivity contribution in [2.45, 2.75) is 38.6 Å². The first-order chi connectivity index (χ1) is 11.2. The van der Waals surface area contributed by atoms with Crippen molar-refractivity contribution in [3.05, 3.63) is 29.6 Å². The van der Waals surface area contributed by atoms with Gasteiger partial charge in [0.25, 0.3) is 0 Å². The van der Waals surface area contributed by atoms with E-state index in [1.165, 1.54) is 18.4 Å². The quantitative estimate of drug-likeness (QED) is 0.910. The zero-order chi connectivity index (χ0) is 15.8. The van der Waals surface area contributed by atoms with E-state index in [2.05, 4.69) is 30.1 Å². The SMILES string of the molecule is Cc1ccc2nc(C3CCCN3C(=O)CSCC3CC3)[nH]c2c1. The largest absolute Gasteiger partial charge is 0.340 e. The average Bonchev–Trinajstić information content (AvgIpc) is 3.08. The summed E-state index contributed by atoms with van der Waals surface area (Å²) in [4.78, 5) is 22.8. The van der Waals surface area contributed by atoms with Crippen molar-refractivity contribution < 1.29 is 4.79 Å². The van der Waals surface area contributed by atoms with Gasteiger partial charge in [0.05, 0.1) is 22.8 Å². The fraction of sp³-hybridized carbons (Fsp3) is 0.556. The lowest BCUT2D eigenvalue weighted by atomic mass is 10.2. The minimum Gasteiger partial charge on any atom is -0.340 e. The van der Waals surface area contributed by atoms with Gasteiger partial charge in [0.1, 0.15) is 5.82 Å². The van der Waals surface area contributed by atoms with Gasteiger partial charge in [0, 0.05) is 6.54 Å². The number of aromatic nitrogens is 2. The normalized spacial score (nSPS) is 21.3. The summed E-state index contributed by atoms with van der Waals surface area (Å²) in [6.07, 6.45) is 4.79. The molecule has 1 aromatic carbocycles. The molecule has 1 saturated carbocycles. The number of carbonyl (C=O) groups is 1. The number of H-pyrrole nitrogens is 1. The number of aromatic amines is 1. The van der Waals surface area contributed by atoms with Crippen LogP contribution in [0.1, 0.15) is 43.1 Å². The highest BCUT2D eigenvalue weighted by atomic mass is 32.2. The Morgan fingerprint density at radius 2 is 2.26 bits per heavy atom. The number of hydrogen-bond acceptors (Lipinski definition) is 3. The van der Waals surface area contributed by atoms with Gasteiger partial charge in [-0.2, -0.15) is 11.8 Å². The van der Waals surface area contributed by atoms with Crippen molar-refractivity contribution in [3.63, 3.8) is 0 Å². The summed E-state index contributed by atoms with van der Waals surface area (Å²) in [5.74, 6) is 3.86. The first-order valence-corrected chi connectivity index (χ1v) is 9.69. The molecular formula is C18H23N3OS. The van der Waals surface area contributed by atoms with Crippen LogP contribution < -0.4 is 0 Å². The molecule has 5 heteroatoms. The second kappa shape index (κ2) is 6.19. The third-order valence-corrected chi connectivity index (χ3v) is 5.98. The predicted molar refractivity (Wildman–Crippen MR) is 94.6 cm³/mol. The van der Waals surface area contributed by atoms with E-state index in [-0.39, 0.29) is 11.9 Å². The molecular weight excluding hydrogens is 306 g/mol. The molecule has 1 N–H and O–H groups in total. The number of nitrogens with zero attached hydrogens (tertiary/aromatic N) is 2. The van der Waals surface area contributed by atoms with E-state index in [1.807, 2.05) is 4.90 Å². The van der Waals surface area contributed by atoms with E-state index in [4.69, 9.17) is 4.98 Å². The van der Waals surface area contributed by atoms with Gasteiger partial charge in [-0.05, 0) is 62.0 Å². The number of likely N-dealkylation sites (tertiary alicyclic amines) is 1. The molecule has 1 unspecified atom stereocenters. The molecule has 4 nitrogen and oxygen atoms in total. The Labute approximate surface area is 141 Å². The van der Waals surface area contributed by atoms with Crippen LogP contribution in [0.4, 0.5) is 0 Å². The molecule has 2 heterocycles. The summed E-state index contributed by atoms with van der Waals surface area (Å²) in [7, 11) is 0. The Morgan fingerprint density at radius 3 is 3.09 bits per heavy atom. The summed E-state index contributed by atoms with van der Waals surface area (Å²) in [6.45, 7) is 2.95. The maximum Gasteiger partial charge on any atom is 0.233 e. The van der Waals surface area contributed by atoms with Crippen molar-refractivity contribution in [2.75, 3.05) is 18.1 Å². The summed E-state index contributed by atoms with van der Waals surface area (Å²) in [5, 5.41) is 0.